The van der Waals surface area contributed by atoms with Gasteiger partial charge < -0.3 is 4.74 Å². The Morgan fingerprint density at radius 1 is 1.05 bits per heavy atom. The quantitative estimate of drug-likeness (QED) is 0.632. The van der Waals surface area contributed by atoms with E-state index in [1.807, 2.05) is 59.4 Å². The fraction of sp³-hybridized carbons (Fsp3) is 0.125. The van der Waals surface area contributed by atoms with Crippen molar-refractivity contribution < 1.29 is 4.74 Å². The Kier molecular flexibility index (Phi) is 4.49. The highest BCUT2D eigenvalue weighted by atomic mass is 79.9. The number of benzene rings is 2. The van der Waals surface area contributed by atoms with Gasteiger partial charge in [-0.1, -0.05) is 45.9 Å². The van der Waals surface area contributed by atoms with E-state index in [1.165, 1.54) is 0 Å². The fourth-order valence-corrected chi connectivity index (χ4v) is 3.14. The highest BCUT2D eigenvalue weighted by Gasteiger charge is 2.16. The lowest BCUT2D eigenvalue weighted by Gasteiger charge is -2.11. The van der Waals surface area contributed by atoms with Gasteiger partial charge in [0.05, 0.1) is 7.11 Å². The molecule has 112 valence electrons. The maximum absolute atomic E-state index is 5.22. The lowest BCUT2D eigenvalue weighted by molar-refractivity contribution is 0.414. The number of methoxy groups -OCH3 is 1. The van der Waals surface area contributed by atoms with Crippen LogP contribution in [0.5, 0.6) is 5.75 Å². The van der Waals surface area contributed by atoms with Crippen molar-refractivity contribution in [3.05, 3.63) is 53.0 Å². The largest absolute Gasteiger partial charge is 0.497 e. The molecule has 2 aromatic carbocycles. The van der Waals surface area contributed by atoms with E-state index in [1.54, 1.807) is 18.9 Å². The summed E-state index contributed by atoms with van der Waals surface area (Å²) < 4.78 is 8.26. The highest BCUT2D eigenvalue weighted by molar-refractivity contribution is 9.10. The van der Waals surface area contributed by atoms with Gasteiger partial charge in [-0.15, -0.1) is 10.2 Å². The molecule has 0 saturated carbocycles. The monoisotopic (exact) mass is 375 g/mol. The molecular formula is C16H14BrN3OS. The molecule has 22 heavy (non-hydrogen) atoms. The first kappa shape index (κ1) is 15.1. The van der Waals surface area contributed by atoms with Crippen molar-refractivity contribution in [3.63, 3.8) is 0 Å². The van der Waals surface area contributed by atoms with Crippen LogP contribution in [0.3, 0.4) is 0 Å². The van der Waals surface area contributed by atoms with Gasteiger partial charge in [0.1, 0.15) is 5.75 Å². The van der Waals surface area contributed by atoms with Crippen LogP contribution < -0.4 is 4.74 Å². The second-order valence-corrected chi connectivity index (χ2v) is 6.15. The Balaban J connectivity index is 2.17. The van der Waals surface area contributed by atoms with Gasteiger partial charge >= 0.3 is 0 Å². The van der Waals surface area contributed by atoms with Crippen LogP contribution in [0.25, 0.3) is 17.1 Å². The SMILES string of the molecule is COc1ccc(-n2c(SC)nnc2-c2ccccc2Br)cc1. The highest BCUT2D eigenvalue weighted by Crippen LogP contribution is 2.31. The number of halogens is 1. The summed E-state index contributed by atoms with van der Waals surface area (Å²) in [5.74, 6) is 1.63. The van der Waals surface area contributed by atoms with E-state index >= 15 is 0 Å². The molecule has 1 heterocycles. The summed E-state index contributed by atoms with van der Waals surface area (Å²) in [5, 5.41) is 9.51. The van der Waals surface area contributed by atoms with Crippen molar-refractivity contribution in [2.24, 2.45) is 0 Å². The molecule has 0 unspecified atom stereocenters. The van der Waals surface area contributed by atoms with Crippen LogP contribution in [-0.4, -0.2) is 28.1 Å². The topological polar surface area (TPSA) is 39.9 Å². The van der Waals surface area contributed by atoms with E-state index in [-0.39, 0.29) is 0 Å². The van der Waals surface area contributed by atoms with Crippen molar-refractivity contribution in [2.45, 2.75) is 5.16 Å². The molecule has 0 fully saturated rings. The minimum absolute atomic E-state index is 0.807. The van der Waals surface area contributed by atoms with Crippen molar-refractivity contribution in [2.75, 3.05) is 13.4 Å². The molecule has 3 rings (SSSR count). The molecule has 6 heteroatoms. The molecule has 0 N–H and O–H groups in total. The van der Waals surface area contributed by atoms with Crippen LogP contribution in [0, 0.1) is 0 Å². The molecule has 0 saturated heterocycles. The van der Waals surface area contributed by atoms with Gasteiger partial charge in [-0.3, -0.25) is 4.57 Å². The van der Waals surface area contributed by atoms with Crippen LogP contribution in [0.4, 0.5) is 0 Å². The summed E-state index contributed by atoms with van der Waals surface area (Å²) in [6.07, 6.45) is 1.99. The van der Waals surface area contributed by atoms with E-state index in [9.17, 15) is 0 Å². The average Bonchev–Trinajstić information content (AvgIpc) is 2.99. The maximum Gasteiger partial charge on any atom is 0.195 e. The number of ether oxygens (including phenoxy) is 1. The van der Waals surface area contributed by atoms with E-state index < -0.39 is 0 Å². The third kappa shape index (κ3) is 2.76. The zero-order chi connectivity index (χ0) is 15.5. The summed E-state index contributed by atoms with van der Waals surface area (Å²) in [5.41, 5.74) is 2.01. The van der Waals surface area contributed by atoms with Gasteiger partial charge in [0.2, 0.25) is 0 Å². The Bertz CT molecular complexity index is 786. The Morgan fingerprint density at radius 2 is 1.77 bits per heavy atom. The second kappa shape index (κ2) is 6.54. The molecule has 0 amide bonds. The molecule has 0 aliphatic carbocycles. The first-order chi connectivity index (χ1) is 10.7. The lowest BCUT2D eigenvalue weighted by atomic mass is 10.2. The molecule has 0 aliphatic rings. The van der Waals surface area contributed by atoms with E-state index in [0.717, 1.165) is 32.5 Å². The van der Waals surface area contributed by atoms with Crippen molar-refractivity contribution in [1.29, 1.82) is 0 Å². The van der Waals surface area contributed by atoms with Gasteiger partial charge in [0.15, 0.2) is 11.0 Å². The number of hydrogen-bond acceptors (Lipinski definition) is 4. The molecule has 0 radical (unpaired) electrons. The lowest BCUT2D eigenvalue weighted by Crippen LogP contribution is -1.99. The molecule has 0 aliphatic heterocycles. The average molecular weight is 376 g/mol. The predicted octanol–water partition coefficient (Wildman–Crippen LogP) is 4.43. The summed E-state index contributed by atoms with van der Waals surface area (Å²) in [6, 6.07) is 15.9. The number of thioether (sulfide) groups is 1. The van der Waals surface area contributed by atoms with Crippen molar-refractivity contribution >= 4 is 27.7 Å². The standard InChI is InChI=1S/C16H14BrN3OS/c1-21-12-9-7-11(8-10-12)20-15(18-19-16(20)22-2)13-5-3-4-6-14(13)17/h3-10H,1-2H3. The first-order valence-electron chi connectivity index (χ1n) is 6.63. The number of aromatic nitrogens is 3. The third-order valence-corrected chi connectivity index (χ3v) is 4.58. The summed E-state index contributed by atoms with van der Waals surface area (Å²) in [4.78, 5) is 0. The summed E-state index contributed by atoms with van der Waals surface area (Å²) >= 11 is 5.15. The van der Waals surface area contributed by atoms with Crippen LogP contribution >= 0.6 is 27.7 Å². The third-order valence-electron chi connectivity index (χ3n) is 3.26. The van der Waals surface area contributed by atoms with E-state index in [0.29, 0.717) is 0 Å². The number of hydrogen-bond donors (Lipinski definition) is 0. The van der Waals surface area contributed by atoms with Gasteiger partial charge in [-0.05, 0) is 36.6 Å². The second-order valence-electron chi connectivity index (χ2n) is 4.52. The minimum Gasteiger partial charge on any atom is -0.497 e. The minimum atomic E-state index is 0.807. The van der Waals surface area contributed by atoms with Gasteiger partial charge in [-0.25, -0.2) is 0 Å². The van der Waals surface area contributed by atoms with E-state index in [2.05, 4.69) is 26.1 Å². The van der Waals surface area contributed by atoms with Gasteiger partial charge in [0, 0.05) is 15.7 Å². The molecule has 0 atom stereocenters. The summed E-state index contributed by atoms with van der Waals surface area (Å²) in [6.45, 7) is 0. The van der Waals surface area contributed by atoms with Crippen LogP contribution in [0.2, 0.25) is 0 Å². The normalized spacial score (nSPS) is 10.7. The summed E-state index contributed by atoms with van der Waals surface area (Å²) in [7, 11) is 1.66. The molecule has 3 aromatic rings. The predicted molar refractivity (Wildman–Crippen MR) is 92.8 cm³/mol. The molecule has 0 bridgehead atoms. The molecule has 0 spiro atoms. The van der Waals surface area contributed by atoms with Crippen LogP contribution in [-0.2, 0) is 0 Å². The zero-order valence-electron chi connectivity index (χ0n) is 12.2. The van der Waals surface area contributed by atoms with Crippen molar-refractivity contribution in [3.8, 4) is 22.8 Å². The molecule has 1 aromatic heterocycles. The Hall–Kier alpha value is -1.79. The van der Waals surface area contributed by atoms with Crippen LogP contribution in [0.1, 0.15) is 0 Å². The number of nitrogens with zero attached hydrogens (tertiary/aromatic N) is 3. The Labute approximate surface area is 141 Å². The van der Waals surface area contributed by atoms with Crippen LogP contribution in [0.15, 0.2) is 58.2 Å². The maximum atomic E-state index is 5.22. The Morgan fingerprint density at radius 3 is 2.41 bits per heavy atom. The molecule has 4 nitrogen and oxygen atoms in total. The van der Waals surface area contributed by atoms with Gasteiger partial charge in [0.25, 0.3) is 0 Å². The number of rotatable bonds is 4. The fourth-order valence-electron chi connectivity index (χ4n) is 2.18. The van der Waals surface area contributed by atoms with E-state index in [4.69, 9.17) is 4.74 Å². The van der Waals surface area contributed by atoms with Crippen molar-refractivity contribution in [1.82, 2.24) is 14.8 Å². The molecular weight excluding hydrogens is 362 g/mol. The first-order valence-corrected chi connectivity index (χ1v) is 8.65. The smallest absolute Gasteiger partial charge is 0.195 e. The van der Waals surface area contributed by atoms with Gasteiger partial charge in [-0.2, -0.15) is 0 Å². The zero-order valence-corrected chi connectivity index (χ0v) is 14.6.